The molecule has 220 valence electrons. The molecule has 0 fully saturated rings. The van der Waals surface area contributed by atoms with Gasteiger partial charge in [0.15, 0.2) is 0 Å². The molecule has 0 N–H and O–H groups in total. The molecule has 0 amide bonds. The maximum absolute atomic E-state index is 12.1. The Morgan fingerprint density at radius 2 is 1.07 bits per heavy atom. The predicted octanol–water partition coefficient (Wildman–Crippen LogP) is -15.1. The summed E-state index contributed by atoms with van der Waals surface area (Å²) < 4.78 is 159. The number of methoxy groups -OCH3 is 1. The van der Waals surface area contributed by atoms with Crippen molar-refractivity contribution < 1.29 is 206 Å². The smallest absolute Gasteiger partial charge is 0.726 e. The van der Waals surface area contributed by atoms with Crippen molar-refractivity contribution in [1.82, 2.24) is 0 Å². The summed E-state index contributed by atoms with van der Waals surface area (Å²) in [5, 5.41) is 0. The van der Waals surface area contributed by atoms with E-state index in [2.05, 4.69) is 21.5 Å². The van der Waals surface area contributed by atoms with Crippen LogP contribution in [0, 0.1) is 0 Å². The molecule has 0 aliphatic carbocycles. The van der Waals surface area contributed by atoms with Gasteiger partial charge in [0.2, 0.25) is 41.6 Å². The monoisotopic (exact) mass is 724 g/mol. The fraction of sp³-hybridized carbons (Fsp3) is 0.500. The molecule has 0 radical (unpaired) electrons. The van der Waals surface area contributed by atoms with E-state index in [0.717, 1.165) is 25.3 Å². The van der Waals surface area contributed by atoms with Crippen LogP contribution in [0.1, 0.15) is 10.4 Å². The van der Waals surface area contributed by atoms with Gasteiger partial charge in [-0.05, 0) is 18.2 Å². The molecule has 0 saturated heterocycles. The molecule has 0 aliphatic rings. The zero-order valence-corrected chi connectivity index (χ0v) is 33.8. The predicted molar refractivity (Wildman–Crippen MR) is 109 cm³/mol. The minimum atomic E-state index is -5.44. The summed E-state index contributed by atoms with van der Waals surface area (Å²) in [6.07, 6.45) is -3.92. The van der Waals surface area contributed by atoms with E-state index in [1.165, 1.54) is 0 Å². The van der Waals surface area contributed by atoms with Gasteiger partial charge in [-0.1, -0.05) is 0 Å². The number of carbonyl (C=O) groups is 1. The molecule has 1 rings (SSSR count). The second-order valence-corrected chi connectivity index (χ2v) is 10.5. The van der Waals surface area contributed by atoms with Crippen LogP contribution >= 0.6 is 0 Å². The second kappa shape index (κ2) is 22.4. The third-order valence-electron chi connectivity index (χ3n) is 3.52. The van der Waals surface area contributed by atoms with E-state index in [-0.39, 0.29) is 124 Å². The fourth-order valence-electron chi connectivity index (χ4n) is 2.23. The van der Waals surface area contributed by atoms with Gasteiger partial charge < -0.3 is 32.4 Å². The number of hydrogen-bond acceptors (Lipinski definition) is 20. The summed E-state index contributed by atoms with van der Waals surface area (Å²) in [7, 11) is -20.6. The average Bonchev–Trinajstić information content (AvgIpc) is 2.74. The van der Waals surface area contributed by atoms with Crippen LogP contribution in [0.25, 0.3) is 0 Å². The maximum atomic E-state index is 12.1. The van der Waals surface area contributed by atoms with Gasteiger partial charge >= 0.3 is 124 Å². The van der Waals surface area contributed by atoms with Gasteiger partial charge in [-0.15, -0.1) is 0 Å². The molecule has 0 bridgehead atoms. The van der Waals surface area contributed by atoms with Crippen LogP contribution in [0.3, 0.4) is 0 Å². The number of carbonyl (C=O) groups excluding carboxylic acids is 1. The van der Waals surface area contributed by atoms with Crippen molar-refractivity contribution in [1.29, 1.82) is 0 Å². The van der Waals surface area contributed by atoms with E-state index < -0.39 is 97.5 Å². The van der Waals surface area contributed by atoms with Gasteiger partial charge in [-0.2, -0.15) is 0 Å². The number of benzene rings is 1. The number of ether oxygens (including phenoxy) is 3. The van der Waals surface area contributed by atoms with Crippen molar-refractivity contribution in [2.24, 2.45) is 0 Å². The summed E-state index contributed by atoms with van der Waals surface area (Å²) in [6, 6.07) is 2.87. The van der Waals surface area contributed by atoms with Gasteiger partial charge in [-0.25, -0.2) is 38.5 Å². The SMILES string of the molecule is COC(=O)c1cc(OC[C@@H](COS(=O)(=O)[O-])OS(=O)(=O)[O-])ccc1OC[C@H](COS(=O)(=O)[O-])OS(=O)(=O)[O-].[Na+].[Na+].[Na+].[Na+]. The van der Waals surface area contributed by atoms with Crippen LogP contribution in [0.15, 0.2) is 18.2 Å². The summed E-state index contributed by atoms with van der Waals surface area (Å²) in [4.78, 5) is 12.1. The van der Waals surface area contributed by atoms with E-state index in [4.69, 9.17) is 9.47 Å². The van der Waals surface area contributed by atoms with E-state index in [9.17, 15) is 56.7 Å². The Morgan fingerprint density at radius 1 is 0.667 bits per heavy atom. The Labute approximate surface area is 329 Å². The molecule has 20 nitrogen and oxygen atoms in total. The molecule has 2 atom stereocenters. The van der Waals surface area contributed by atoms with Gasteiger partial charge in [0.1, 0.15) is 42.5 Å². The van der Waals surface area contributed by atoms with Crippen molar-refractivity contribution in [2.75, 3.05) is 33.5 Å². The zero-order valence-electron chi connectivity index (χ0n) is 22.5. The Morgan fingerprint density at radius 3 is 1.43 bits per heavy atom. The normalized spacial score (nSPS) is 13.1. The molecule has 0 aromatic heterocycles. The number of rotatable bonds is 17. The minimum absolute atomic E-state index is 0. The van der Waals surface area contributed by atoms with E-state index in [0.29, 0.717) is 0 Å². The molecule has 1 aromatic rings. The molecule has 0 heterocycles. The number of esters is 1. The summed E-state index contributed by atoms with van der Waals surface area (Å²) >= 11 is 0. The third-order valence-corrected chi connectivity index (χ3v) is 5.39. The fourth-order valence-corrected chi connectivity index (χ4v) is 3.75. The molecular weight excluding hydrogens is 708 g/mol. The topological polar surface area (TPSA) is 310 Å². The Kier molecular flexibility index (Phi) is 26.9. The molecule has 28 heteroatoms. The first-order valence-corrected chi connectivity index (χ1v) is 14.5. The molecule has 0 unspecified atom stereocenters. The quantitative estimate of drug-likeness (QED) is 0.0623. The van der Waals surface area contributed by atoms with E-state index in [1.54, 1.807) is 0 Å². The van der Waals surface area contributed by atoms with E-state index in [1.807, 2.05) is 0 Å². The van der Waals surface area contributed by atoms with Crippen LogP contribution in [0.2, 0.25) is 0 Å². The first-order valence-electron chi connectivity index (χ1n) is 9.14. The molecule has 0 spiro atoms. The van der Waals surface area contributed by atoms with Crippen molar-refractivity contribution in [2.45, 2.75) is 12.2 Å². The van der Waals surface area contributed by atoms with Gasteiger partial charge in [0, 0.05) is 0 Å². The van der Waals surface area contributed by atoms with Crippen LogP contribution in [0.4, 0.5) is 0 Å². The molecule has 0 aliphatic heterocycles. The largest absolute Gasteiger partial charge is 1.00 e. The molecule has 1 aromatic carbocycles. The van der Waals surface area contributed by atoms with Gasteiger partial charge in [0.25, 0.3) is 0 Å². The zero-order chi connectivity index (χ0) is 29.4. The van der Waals surface area contributed by atoms with Gasteiger partial charge in [0.05, 0.1) is 20.3 Å². The van der Waals surface area contributed by atoms with Crippen molar-refractivity contribution >= 4 is 47.6 Å². The maximum Gasteiger partial charge on any atom is 1.00 e. The van der Waals surface area contributed by atoms with Crippen LogP contribution in [-0.4, -0.2) is 104 Å². The van der Waals surface area contributed by atoms with Crippen LogP contribution in [-0.2, 0) is 63.1 Å². The minimum Gasteiger partial charge on any atom is -0.726 e. The Hall–Kier alpha value is 1.77. The van der Waals surface area contributed by atoms with Crippen LogP contribution in [0.5, 0.6) is 11.5 Å². The van der Waals surface area contributed by atoms with Crippen LogP contribution < -0.4 is 128 Å². The summed E-state index contributed by atoms with van der Waals surface area (Å²) in [5.41, 5.74) is -0.474. The second-order valence-electron chi connectivity index (χ2n) is 6.41. The first kappa shape index (κ1) is 50.6. The first-order chi connectivity index (χ1) is 17.2. The average molecular weight is 724 g/mol. The Balaban J connectivity index is -0.00000180. The summed E-state index contributed by atoms with van der Waals surface area (Å²) in [5.74, 6) is -1.83. The number of hydrogen-bond donors (Lipinski definition) is 0. The van der Waals surface area contributed by atoms with Crippen molar-refractivity contribution in [3.63, 3.8) is 0 Å². The Bertz CT molecular complexity index is 1400. The standard InChI is InChI=1S/C14H20O20S4.4Na/c1-28-14(15)12-4-9(29-5-10(33-37(22,23)24)7-31-35(16,17)18)2-3-13(12)30-6-11(34-38(25,26)27)8-32-36(19,20)21;;;;/h2-4,10-11H,5-8H2,1H3,(H,16,17,18)(H,19,20,21)(H,22,23,24)(H,25,26,27);;;;/q;4*+1/p-4/t10-,11+;;;;/m0..../s1. The van der Waals surface area contributed by atoms with Crippen molar-refractivity contribution in [3.05, 3.63) is 23.8 Å². The van der Waals surface area contributed by atoms with Gasteiger partial charge in [-0.3, -0.25) is 16.7 Å². The van der Waals surface area contributed by atoms with Crippen molar-refractivity contribution in [3.8, 4) is 11.5 Å². The van der Waals surface area contributed by atoms with E-state index >= 15 is 0 Å². The summed E-state index contributed by atoms with van der Waals surface area (Å²) in [6.45, 7) is -4.41. The molecule has 42 heavy (non-hydrogen) atoms. The molecular formula is C14H16Na4O20S4. The molecule has 0 saturated carbocycles. The third kappa shape index (κ3) is 24.9.